The van der Waals surface area contributed by atoms with Crippen LogP contribution in [0.4, 0.5) is 10.5 Å². The minimum atomic E-state index is -0.258. The van der Waals surface area contributed by atoms with Crippen LogP contribution in [-0.2, 0) is 6.42 Å². The second-order valence-electron chi connectivity index (χ2n) is 5.74. The summed E-state index contributed by atoms with van der Waals surface area (Å²) in [5, 5.41) is 6.16. The smallest absolute Gasteiger partial charge is 0.319 e. The van der Waals surface area contributed by atoms with Crippen LogP contribution in [-0.4, -0.2) is 22.5 Å². The Morgan fingerprint density at radius 3 is 2.58 bits per heavy atom. The monoisotopic (exact) mass is 366 g/mol. The highest BCUT2D eigenvalue weighted by atomic mass is 35.5. The van der Waals surface area contributed by atoms with Crippen LogP contribution in [0.5, 0.6) is 0 Å². The van der Waals surface area contributed by atoms with Gasteiger partial charge in [-0.1, -0.05) is 48.0 Å². The van der Waals surface area contributed by atoms with Crippen molar-refractivity contribution < 1.29 is 4.79 Å². The fourth-order valence-corrected chi connectivity index (χ4v) is 2.53. The second-order valence-corrected chi connectivity index (χ2v) is 6.18. The third-order valence-electron chi connectivity index (χ3n) is 3.72. The van der Waals surface area contributed by atoms with Gasteiger partial charge in [-0.25, -0.2) is 9.78 Å². The lowest BCUT2D eigenvalue weighted by Gasteiger charge is -2.05. The Balaban J connectivity index is 1.43. The molecule has 3 rings (SSSR count). The number of benzene rings is 2. The molecule has 0 atom stereocenters. The largest absolute Gasteiger partial charge is 0.348 e. The van der Waals surface area contributed by atoms with E-state index in [-0.39, 0.29) is 6.03 Å². The van der Waals surface area contributed by atoms with E-state index in [2.05, 4.69) is 44.9 Å². The number of nitrogens with zero attached hydrogens (tertiary/aromatic N) is 1. The van der Waals surface area contributed by atoms with Crippen molar-refractivity contribution in [3.05, 3.63) is 89.0 Å². The van der Waals surface area contributed by atoms with Crippen molar-refractivity contribution in [2.24, 2.45) is 0 Å². The first-order valence-corrected chi connectivity index (χ1v) is 8.60. The van der Waals surface area contributed by atoms with Gasteiger partial charge in [-0.2, -0.15) is 0 Å². The van der Waals surface area contributed by atoms with Crippen molar-refractivity contribution >= 4 is 29.4 Å². The quantitative estimate of drug-likeness (QED) is 0.601. The number of halogens is 1. The second kappa shape index (κ2) is 8.87. The van der Waals surface area contributed by atoms with Crippen molar-refractivity contribution in [1.29, 1.82) is 0 Å². The van der Waals surface area contributed by atoms with Gasteiger partial charge < -0.3 is 15.6 Å². The zero-order chi connectivity index (χ0) is 18.2. The summed E-state index contributed by atoms with van der Waals surface area (Å²) in [6.45, 7) is 0.440. The maximum atomic E-state index is 11.8. The van der Waals surface area contributed by atoms with Crippen LogP contribution in [0.2, 0.25) is 5.02 Å². The summed E-state index contributed by atoms with van der Waals surface area (Å²) in [4.78, 5) is 18.9. The first kappa shape index (κ1) is 17.8. The molecule has 0 unspecified atom stereocenters. The number of carbonyl (C=O) groups excluding carboxylic acids is 1. The molecule has 2 amide bonds. The van der Waals surface area contributed by atoms with E-state index in [0.717, 1.165) is 17.7 Å². The highest BCUT2D eigenvalue weighted by molar-refractivity contribution is 6.30. The standard InChI is InChI=1S/C20H19ClN4O/c21-17-7-9-18(10-8-17)25-20(26)23-11-1-2-15-3-5-16(6-4-15)12-19-13-22-14-24-19/h1-10,13-14H,11-12H2,(H,22,24)(H2,23,25,26)/b2-1+. The van der Waals surface area contributed by atoms with Crippen LogP contribution in [0.3, 0.4) is 0 Å². The van der Waals surface area contributed by atoms with Gasteiger partial charge in [-0.05, 0) is 35.4 Å². The number of amides is 2. The fourth-order valence-electron chi connectivity index (χ4n) is 2.40. The first-order chi connectivity index (χ1) is 12.7. The number of anilines is 1. The zero-order valence-electron chi connectivity index (χ0n) is 14.1. The predicted octanol–water partition coefficient (Wildman–Crippen LogP) is 4.49. The third-order valence-corrected chi connectivity index (χ3v) is 3.97. The van der Waals surface area contributed by atoms with E-state index >= 15 is 0 Å². The number of urea groups is 1. The van der Waals surface area contributed by atoms with Gasteiger partial charge in [0, 0.05) is 35.6 Å². The number of hydrogen-bond donors (Lipinski definition) is 3. The Labute approximate surface area is 157 Å². The van der Waals surface area contributed by atoms with E-state index in [9.17, 15) is 4.79 Å². The molecule has 0 bridgehead atoms. The molecule has 0 radical (unpaired) electrons. The van der Waals surface area contributed by atoms with Gasteiger partial charge in [0.1, 0.15) is 0 Å². The summed E-state index contributed by atoms with van der Waals surface area (Å²) >= 11 is 5.81. The average Bonchev–Trinajstić information content (AvgIpc) is 3.15. The molecule has 1 aromatic heterocycles. The Morgan fingerprint density at radius 1 is 1.12 bits per heavy atom. The number of aromatic amines is 1. The maximum absolute atomic E-state index is 11.8. The molecule has 6 heteroatoms. The number of carbonyl (C=O) groups is 1. The fraction of sp³-hybridized carbons (Fsp3) is 0.100. The van der Waals surface area contributed by atoms with Gasteiger partial charge in [-0.15, -0.1) is 0 Å². The highest BCUT2D eigenvalue weighted by Gasteiger charge is 2.00. The van der Waals surface area contributed by atoms with E-state index < -0.39 is 0 Å². The Hall–Kier alpha value is -3.05. The maximum Gasteiger partial charge on any atom is 0.319 e. The van der Waals surface area contributed by atoms with Crippen molar-refractivity contribution in [2.75, 3.05) is 11.9 Å². The van der Waals surface area contributed by atoms with Crippen molar-refractivity contribution in [3.63, 3.8) is 0 Å². The van der Waals surface area contributed by atoms with Crippen molar-refractivity contribution in [1.82, 2.24) is 15.3 Å². The average molecular weight is 367 g/mol. The Bertz CT molecular complexity index is 856. The van der Waals surface area contributed by atoms with Crippen LogP contribution in [0.15, 0.2) is 67.1 Å². The van der Waals surface area contributed by atoms with Gasteiger partial charge in [0.15, 0.2) is 0 Å². The SMILES string of the molecule is O=C(NC/C=C/c1ccc(Cc2cnc[nH]2)cc1)Nc1ccc(Cl)cc1. The molecule has 0 aliphatic heterocycles. The normalized spacial score (nSPS) is 10.8. The molecule has 2 aromatic carbocycles. The molecule has 0 aliphatic rings. The molecule has 26 heavy (non-hydrogen) atoms. The number of nitrogens with one attached hydrogen (secondary N) is 3. The Morgan fingerprint density at radius 2 is 1.88 bits per heavy atom. The predicted molar refractivity (Wildman–Crippen MR) is 105 cm³/mol. The molecular formula is C20H19ClN4O. The summed E-state index contributed by atoms with van der Waals surface area (Å²) in [7, 11) is 0. The van der Waals surface area contributed by atoms with Gasteiger partial charge in [0.05, 0.1) is 6.33 Å². The van der Waals surface area contributed by atoms with E-state index in [0.29, 0.717) is 17.3 Å². The molecule has 0 saturated carbocycles. The van der Waals surface area contributed by atoms with Gasteiger partial charge in [0.2, 0.25) is 0 Å². The summed E-state index contributed by atoms with van der Waals surface area (Å²) in [5.74, 6) is 0. The summed E-state index contributed by atoms with van der Waals surface area (Å²) in [6.07, 6.45) is 8.22. The topological polar surface area (TPSA) is 69.8 Å². The molecule has 132 valence electrons. The zero-order valence-corrected chi connectivity index (χ0v) is 14.8. The lowest BCUT2D eigenvalue weighted by atomic mass is 10.1. The van der Waals surface area contributed by atoms with E-state index in [1.165, 1.54) is 5.56 Å². The van der Waals surface area contributed by atoms with Crippen LogP contribution >= 0.6 is 11.6 Å². The lowest BCUT2D eigenvalue weighted by molar-refractivity contribution is 0.253. The van der Waals surface area contributed by atoms with E-state index in [1.807, 2.05) is 18.3 Å². The van der Waals surface area contributed by atoms with E-state index in [1.54, 1.807) is 30.6 Å². The molecule has 0 fully saturated rings. The van der Waals surface area contributed by atoms with E-state index in [4.69, 9.17) is 11.6 Å². The summed E-state index contributed by atoms with van der Waals surface area (Å²) < 4.78 is 0. The third kappa shape index (κ3) is 5.50. The molecule has 3 aromatic rings. The lowest BCUT2D eigenvalue weighted by Crippen LogP contribution is -2.28. The van der Waals surface area contributed by atoms with Crippen molar-refractivity contribution in [2.45, 2.75) is 6.42 Å². The molecule has 0 saturated heterocycles. The molecule has 3 N–H and O–H groups in total. The summed E-state index contributed by atoms with van der Waals surface area (Å²) in [6, 6.07) is 15.0. The number of H-pyrrole nitrogens is 1. The Kier molecular flexibility index (Phi) is 6.06. The molecule has 0 aliphatic carbocycles. The van der Waals surface area contributed by atoms with Crippen LogP contribution < -0.4 is 10.6 Å². The van der Waals surface area contributed by atoms with Crippen LogP contribution in [0, 0.1) is 0 Å². The molecular weight excluding hydrogens is 348 g/mol. The number of imidazole rings is 1. The van der Waals surface area contributed by atoms with Gasteiger partial charge >= 0.3 is 6.03 Å². The van der Waals surface area contributed by atoms with Crippen molar-refractivity contribution in [3.8, 4) is 0 Å². The number of rotatable bonds is 6. The number of aromatic nitrogens is 2. The summed E-state index contributed by atoms with van der Waals surface area (Å²) in [5.41, 5.74) is 4.08. The molecule has 5 nitrogen and oxygen atoms in total. The first-order valence-electron chi connectivity index (χ1n) is 8.22. The van der Waals surface area contributed by atoms with Gasteiger partial charge in [0.25, 0.3) is 0 Å². The minimum Gasteiger partial charge on any atom is -0.348 e. The minimum absolute atomic E-state index is 0.258. The molecule has 0 spiro atoms. The van der Waals surface area contributed by atoms with Crippen LogP contribution in [0.1, 0.15) is 16.8 Å². The number of hydrogen-bond acceptors (Lipinski definition) is 2. The van der Waals surface area contributed by atoms with Gasteiger partial charge in [-0.3, -0.25) is 0 Å². The van der Waals surface area contributed by atoms with Crippen LogP contribution in [0.25, 0.3) is 6.08 Å². The highest BCUT2D eigenvalue weighted by Crippen LogP contribution is 2.13. The molecule has 1 heterocycles.